The van der Waals surface area contributed by atoms with E-state index in [0.29, 0.717) is 6.54 Å². The molecule has 0 bridgehead atoms. The molecule has 1 aromatic heterocycles. The van der Waals surface area contributed by atoms with Crippen LogP contribution < -0.4 is 5.73 Å². The Bertz CT molecular complexity index is 326. The second-order valence-electron chi connectivity index (χ2n) is 4.37. The number of nitrogens with two attached hydrogens (primary N) is 1. The fourth-order valence-electron chi connectivity index (χ4n) is 2.00. The Morgan fingerprint density at radius 3 is 3.00 bits per heavy atom. The SMILES string of the molecule is CN1CCCN(Cc2csc(CN)n2)CC1. The van der Waals surface area contributed by atoms with Crippen LogP contribution in [0.1, 0.15) is 17.1 Å². The quantitative estimate of drug-likeness (QED) is 0.846. The van der Waals surface area contributed by atoms with Gasteiger partial charge in [-0.3, -0.25) is 4.90 Å². The molecule has 0 unspecified atom stereocenters. The van der Waals surface area contributed by atoms with Gasteiger partial charge in [-0.2, -0.15) is 0 Å². The molecule has 2 heterocycles. The number of thiazole rings is 1. The molecular formula is C11H20N4S. The lowest BCUT2D eigenvalue weighted by Gasteiger charge is -2.18. The van der Waals surface area contributed by atoms with E-state index >= 15 is 0 Å². The fraction of sp³-hybridized carbons (Fsp3) is 0.727. The monoisotopic (exact) mass is 240 g/mol. The molecule has 4 nitrogen and oxygen atoms in total. The van der Waals surface area contributed by atoms with Crippen molar-refractivity contribution in [3.63, 3.8) is 0 Å². The summed E-state index contributed by atoms with van der Waals surface area (Å²) in [7, 11) is 2.19. The van der Waals surface area contributed by atoms with Gasteiger partial charge in [0.25, 0.3) is 0 Å². The summed E-state index contributed by atoms with van der Waals surface area (Å²) < 4.78 is 0. The standard InChI is InChI=1S/C11H20N4S/c1-14-3-2-4-15(6-5-14)8-10-9-16-11(7-12)13-10/h9H,2-8,12H2,1H3. The van der Waals surface area contributed by atoms with E-state index in [4.69, 9.17) is 5.73 Å². The van der Waals surface area contributed by atoms with Crippen molar-refractivity contribution < 1.29 is 0 Å². The van der Waals surface area contributed by atoms with E-state index in [9.17, 15) is 0 Å². The van der Waals surface area contributed by atoms with Crippen LogP contribution in [0.15, 0.2) is 5.38 Å². The highest BCUT2D eigenvalue weighted by atomic mass is 32.1. The molecule has 5 heteroatoms. The highest BCUT2D eigenvalue weighted by Gasteiger charge is 2.13. The van der Waals surface area contributed by atoms with Crippen LogP contribution in [0.25, 0.3) is 0 Å². The van der Waals surface area contributed by atoms with Crippen LogP contribution in [-0.4, -0.2) is 48.0 Å². The summed E-state index contributed by atoms with van der Waals surface area (Å²) in [4.78, 5) is 9.39. The second-order valence-corrected chi connectivity index (χ2v) is 5.31. The average Bonchev–Trinajstić information content (AvgIpc) is 2.63. The van der Waals surface area contributed by atoms with Crippen LogP contribution >= 0.6 is 11.3 Å². The zero-order valence-electron chi connectivity index (χ0n) is 9.85. The van der Waals surface area contributed by atoms with Crippen molar-refractivity contribution in [3.8, 4) is 0 Å². The fourth-order valence-corrected chi connectivity index (χ4v) is 2.67. The van der Waals surface area contributed by atoms with Gasteiger partial charge in [0.1, 0.15) is 5.01 Å². The normalized spacial score (nSPS) is 19.9. The molecule has 0 aliphatic carbocycles. The maximum absolute atomic E-state index is 5.57. The molecule has 1 aromatic rings. The van der Waals surface area contributed by atoms with Crippen LogP contribution in [0.4, 0.5) is 0 Å². The molecule has 16 heavy (non-hydrogen) atoms. The molecule has 90 valence electrons. The lowest BCUT2D eigenvalue weighted by atomic mass is 10.3. The molecule has 1 fully saturated rings. The number of hydrogen-bond donors (Lipinski definition) is 1. The summed E-state index contributed by atoms with van der Waals surface area (Å²) in [6, 6.07) is 0. The van der Waals surface area contributed by atoms with E-state index in [1.165, 1.54) is 25.2 Å². The van der Waals surface area contributed by atoms with Gasteiger partial charge in [0.05, 0.1) is 5.69 Å². The first kappa shape index (κ1) is 12.0. The molecule has 2 rings (SSSR count). The highest BCUT2D eigenvalue weighted by molar-refractivity contribution is 7.09. The summed E-state index contributed by atoms with van der Waals surface area (Å²) in [5, 5.41) is 3.18. The lowest BCUT2D eigenvalue weighted by molar-refractivity contribution is 0.267. The van der Waals surface area contributed by atoms with Crippen molar-refractivity contribution in [2.45, 2.75) is 19.5 Å². The van der Waals surface area contributed by atoms with E-state index in [-0.39, 0.29) is 0 Å². The summed E-state index contributed by atoms with van der Waals surface area (Å²) in [5.41, 5.74) is 6.74. The molecule has 0 saturated carbocycles. The zero-order valence-corrected chi connectivity index (χ0v) is 10.7. The smallest absolute Gasteiger partial charge is 0.106 e. The number of aromatic nitrogens is 1. The number of rotatable bonds is 3. The van der Waals surface area contributed by atoms with Gasteiger partial charge in [-0.05, 0) is 26.6 Å². The summed E-state index contributed by atoms with van der Waals surface area (Å²) in [6.07, 6.45) is 1.25. The Balaban J connectivity index is 1.88. The van der Waals surface area contributed by atoms with Crippen LogP contribution in [0, 0.1) is 0 Å². The van der Waals surface area contributed by atoms with Crippen LogP contribution in [0.2, 0.25) is 0 Å². The van der Waals surface area contributed by atoms with Gasteiger partial charge in [-0.15, -0.1) is 11.3 Å². The number of likely N-dealkylation sites (N-methyl/N-ethyl adjacent to an activating group) is 1. The summed E-state index contributed by atoms with van der Waals surface area (Å²) >= 11 is 1.67. The van der Waals surface area contributed by atoms with Crippen molar-refractivity contribution >= 4 is 11.3 Å². The minimum atomic E-state index is 0.563. The van der Waals surface area contributed by atoms with E-state index in [1.807, 2.05) is 0 Å². The summed E-state index contributed by atoms with van der Waals surface area (Å²) in [6.45, 7) is 6.24. The first-order chi connectivity index (χ1) is 7.78. The van der Waals surface area contributed by atoms with Crippen molar-refractivity contribution in [2.75, 3.05) is 33.2 Å². The minimum Gasteiger partial charge on any atom is -0.325 e. The van der Waals surface area contributed by atoms with Gasteiger partial charge in [-0.1, -0.05) is 0 Å². The first-order valence-corrected chi connectivity index (χ1v) is 6.70. The third-order valence-electron chi connectivity index (χ3n) is 2.97. The average molecular weight is 240 g/mol. The van der Waals surface area contributed by atoms with Gasteiger partial charge in [-0.25, -0.2) is 4.98 Å². The van der Waals surface area contributed by atoms with Crippen molar-refractivity contribution in [1.29, 1.82) is 0 Å². The molecule has 0 atom stereocenters. The maximum Gasteiger partial charge on any atom is 0.106 e. The topological polar surface area (TPSA) is 45.4 Å². The molecule has 1 aliphatic heterocycles. The van der Waals surface area contributed by atoms with Crippen molar-refractivity contribution in [1.82, 2.24) is 14.8 Å². The van der Waals surface area contributed by atoms with Gasteiger partial charge < -0.3 is 10.6 Å². The summed E-state index contributed by atoms with van der Waals surface area (Å²) in [5.74, 6) is 0. The molecular weight excluding hydrogens is 220 g/mol. The van der Waals surface area contributed by atoms with Gasteiger partial charge >= 0.3 is 0 Å². The van der Waals surface area contributed by atoms with Crippen LogP contribution in [0.5, 0.6) is 0 Å². The highest BCUT2D eigenvalue weighted by Crippen LogP contribution is 2.12. The molecule has 2 N–H and O–H groups in total. The van der Waals surface area contributed by atoms with Crippen LogP contribution in [-0.2, 0) is 13.1 Å². The third kappa shape index (κ3) is 3.25. The van der Waals surface area contributed by atoms with Gasteiger partial charge in [0, 0.05) is 31.6 Å². The number of hydrogen-bond acceptors (Lipinski definition) is 5. The van der Waals surface area contributed by atoms with E-state index < -0.39 is 0 Å². The third-order valence-corrected chi connectivity index (χ3v) is 3.89. The zero-order chi connectivity index (χ0) is 11.4. The Morgan fingerprint density at radius 2 is 2.25 bits per heavy atom. The molecule has 0 radical (unpaired) electrons. The first-order valence-electron chi connectivity index (χ1n) is 5.82. The Morgan fingerprint density at radius 1 is 1.38 bits per heavy atom. The largest absolute Gasteiger partial charge is 0.325 e. The Labute approximate surface area is 101 Å². The number of nitrogens with zero attached hydrogens (tertiary/aromatic N) is 3. The van der Waals surface area contributed by atoms with Gasteiger partial charge in [0.2, 0.25) is 0 Å². The Hall–Kier alpha value is -0.490. The Kier molecular flexibility index (Phi) is 4.29. The molecule has 0 aromatic carbocycles. The maximum atomic E-state index is 5.57. The second kappa shape index (κ2) is 5.72. The minimum absolute atomic E-state index is 0.563. The molecule has 0 amide bonds. The van der Waals surface area contributed by atoms with Gasteiger partial charge in [0.15, 0.2) is 0 Å². The predicted octanol–water partition coefficient (Wildman–Crippen LogP) is 0.739. The van der Waals surface area contributed by atoms with E-state index in [0.717, 1.165) is 24.6 Å². The van der Waals surface area contributed by atoms with E-state index in [2.05, 4.69) is 27.2 Å². The van der Waals surface area contributed by atoms with E-state index in [1.54, 1.807) is 11.3 Å². The molecule has 1 saturated heterocycles. The molecule has 1 aliphatic rings. The van der Waals surface area contributed by atoms with Crippen molar-refractivity contribution in [2.24, 2.45) is 5.73 Å². The van der Waals surface area contributed by atoms with Crippen LogP contribution in [0.3, 0.4) is 0 Å². The predicted molar refractivity (Wildman–Crippen MR) is 67.4 cm³/mol. The lowest BCUT2D eigenvalue weighted by Crippen LogP contribution is -2.28. The van der Waals surface area contributed by atoms with Crippen molar-refractivity contribution in [3.05, 3.63) is 16.1 Å². The molecule has 0 spiro atoms.